The first-order chi connectivity index (χ1) is 20.8. The summed E-state index contributed by atoms with van der Waals surface area (Å²) in [5, 5.41) is 3.49. The van der Waals surface area contributed by atoms with Crippen molar-refractivity contribution in [3.05, 3.63) is 152 Å². The van der Waals surface area contributed by atoms with Crippen LogP contribution in [0.3, 0.4) is 0 Å². The summed E-state index contributed by atoms with van der Waals surface area (Å²) >= 11 is 1.81. The maximum Gasteiger partial charge on any atom is 0.160 e. The Hall–Kier alpha value is -5.32. The summed E-state index contributed by atoms with van der Waals surface area (Å²) < 4.78 is 2.50. The van der Waals surface area contributed by atoms with Crippen molar-refractivity contribution in [1.82, 2.24) is 9.97 Å². The Morgan fingerprint density at radius 1 is 0.452 bits per heavy atom. The zero-order chi connectivity index (χ0) is 27.9. The van der Waals surface area contributed by atoms with Gasteiger partial charge >= 0.3 is 0 Å². The van der Waals surface area contributed by atoms with Gasteiger partial charge < -0.3 is 4.90 Å². The topological polar surface area (TPSA) is 29.0 Å². The van der Waals surface area contributed by atoms with E-state index in [1.165, 1.54) is 20.2 Å². The molecule has 0 fully saturated rings. The fraction of sp³-hybridized carbons (Fsp3) is 0. The molecule has 0 radical (unpaired) electrons. The summed E-state index contributed by atoms with van der Waals surface area (Å²) in [5.74, 6) is 0.715. The second-order valence-corrected chi connectivity index (χ2v) is 11.3. The van der Waals surface area contributed by atoms with Crippen LogP contribution in [0.15, 0.2) is 152 Å². The molecule has 0 N–H and O–H groups in total. The van der Waals surface area contributed by atoms with Gasteiger partial charge in [-0.15, -0.1) is 11.3 Å². The molecule has 6 aromatic carbocycles. The van der Waals surface area contributed by atoms with Crippen LogP contribution in [-0.4, -0.2) is 9.97 Å². The van der Waals surface area contributed by atoms with Gasteiger partial charge in [-0.3, -0.25) is 0 Å². The number of fused-ring (bicyclic) bond motifs is 5. The van der Waals surface area contributed by atoms with Crippen LogP contribution in [0.5, 0.6) is 0 Å². The average molecular weight is 556 g/mol. The van der Waals surface area contributed by atoms with Crippen LogP contribution in [0, 0.1) is 0 Å². The second-order valence-electron chi connectivity index (χ2n) is 10.3. The number of benzene rings is 6. The highest BCUT2D eigenvalue weighted by Crippen LogP contribution is 2.41. The van der Waals surface area contributed by atoms with Gasteiger partial charge in [0.1, 0.15) is 0 Å². The first kappa shape index (κ1) is 24.5. The molecular formula is C38H25N3S. The molecule has 0 atom stereocenters. The van der Waals surface area contributed by atoms with Crippen LogP contribution in [-0.2, 0) is 0 Å². The number of aromatic nitrogens is 2. The van der Waals surface area contributed by atoms with E-state index in [2.05, 4.69) is 138 Å². The molecule has 0 spiro atoms. The van der Waals surface area contributed by atoms with Crippen LogP contribution in [0.4, 0.5) is 17.1 Å². The number of hydrogen-bond donors (Lipinski definition) is 0. The third kappa shape index (κ3) is 4.21. The molecule has 0 bridgehead atoms. The fourth-order valence-electron chi connectivity index (χ4n) is 5.73. The van der Waals surface area contributed by atoms with Crippen molar-refractivity contribution in [3.63, 3.8) is 0 Å². The molecule has 0 aliphatic carbocycles. The van der Waals surface area contributed by atoms with Crippen LogP contribution in [0.25, 0.3) is 53.7 Å². The molecule has 0 unspecified atom stereocenters. The maximum atomic E-state index is 5.31. The molecule has 2 heterocycles. The Morgan fingerprint density at radius 3 is 1.81 bits per heavy atom. The van der Waals surface area contributed by atoms with E-state index in [9.17, 15) is 0 Å². The lowest BCUT2D eigenvalue weighted by atomic mass is 10.0. The highest BCUT2D eigenvalue weighted by molar-refractivity contribution is 7.26. The maximum absolute atomic E-state index is 5.31. The Morgan fingerprint density at radius 2 is 1.07 bits per heavy atom. The Balaban J connectivity index is 1.38. The minimum absolute atomic E-state index is 0.715. The smallest absolute Gasteiger partial charge is 0.160 e. The second kappa shape index (κ2) is 10.3. The summed E-state index contributed by atoms with van der Waals surface area (Å²) in [7, 11) is 0. The molecular weight excluding hydrogens is 531 g/mol. The standard InChI is InChI=1S/C38H25N3S/c1-4-13-26(14-5-1)36-32-23-24-34-35(31-21-10-11-22-33(31)42-34)37(32)40-38(39-36)27-15-12-20-30(25-27)41(28-16-6-2-7-17-28)29-18-8-3-9-19-29/h1-25H. The van der Waals surface area contributed by atoms with E-state index in [1.54, 1.807) is 0 Å². The minimum atomic E-state index is 0.715. The molecule has 0 aliphatic rings. The highest BCUT2D eigenvalue weighted by Gasteiger charge is 2.18. The summed E-state index contributed by atoms with van der Waals surface area (Å²) in [4.78, 5) is 12.8. The number of hydrogen-bond acceptors (Lipinski definition) is 4. The first-order valence-corrected chi connectivity index (χ1v) is 14.8. The van der Waals surface area contributed by atoms with Gasteiger partial charge in [0.25, 0.3) is 0 Å². The lowest BCUT2D eigenvalue weighted by Crippen LogP contribution is -2.09. The van der Waals surface area contributed by atoms with Gasteiger partial charge in [-0.25, -0.2) is 9.97 Å². The quantitative estimate of drug-likeness (QED) is 0.211. The summed E-state index contributed by atoms with van der Waals surface area (Å²) in [5.41, 5.74) is 7.22. The monoisotopic (exact) mass is 555 g/mol. The van der Waals surface area contributed by atoms with Gasteiger partial charge in [0.2, 0.25) is 0 Å². The SMILES string of the molecule is c1ccc(-c2nc(-c3cccc(N(c4ccccc4)c4ccccc4)c3)nc3c2ccc2sc4ccccc4c23)cc1. The number of rotatable bonds is 5. The first-order valence-electron chi connectivity index (χ1n) is 14.0. The van der Waals surface area contributed by atoms with E-state index in [0.29, 0.717) is 5.82 Å². The molecule has 0 saturated carbocycles. The van der Waals surface area contributed by atoms with Crippen LogP contribution in [0.1, 0.15) is 0 Å². The number of nitrogens with zero attached hydrogens (tertiary/aromatic N) is 3. The summed E-state index contributed by atoms with van der Waals surface area (Å²) in [6.07, 6.45) is 0. The van der Waals surface area contributed by atoms with Gasteiger partial charge in [-0.1, -0.05) is 97.1 Å². The van der Waals surface area contributed by atoms with E-state index in [1.807, 2.05) is 29.5 Å². The summed E-state index contributed by atoms with van der Waals surface area (Å²) in [6.45, 7) is 0. The van der Waals surface area contributed by atoms with Crippen molar-refractivity contribution in [3.8, 4) is 22.6 Å². The van der Waals surface area contributed by atoms with Crippen LogP contribution in [0.2, 0.25) is 0 Å². The largest absolute Gasteiger partial charge is 0.310 e. The predicted octanol–water partition coefficient (Wildman–Crippen LogP) is 10.8. The molecule has 0 saturated heterocycles. The lowest BCUT2D eigenvalue weighted by molar-refractivity contribution is 1.23. The van der Waals surface area contributed by atoms with Crippen LogP contribution < -0.4 is 4.90 Å². The summed E-state index contributed by atoms with van der Waals surface area (Å²) in [6, 6.07) is 52.9. The zero-order valence-electron chi connectivity index (χ0n) is 22.7. The number of anilines is 3. The van der Waals surface area contributed by atoms with Gasteiger partial charge in [0.15, 0.2) is 5.82 Å². The molecule has 8 aromatic rings. The Kier molecular flexibility index (Phi) is 5.98. The van der Waals surface area contributed by atoms with Gasteiger partial charge in [-0.05, 0) is 54.6 Å². The fourth-order valence-corrected chi connectivity index (χ4v) is 6.84. The average Bonchev–Trinajstić information content (AvgIpc) is 3.45. The van der Waals surface area contributed by atoms with E-state index in [-0.39, 0.29) is 0 Å². The van der Waals surface area contributed by atoms with Gasteiger partial charge in [-0.2, -0.15) is 0 Å². The Labute approximate surface area is 248 Å². The predicted molar refractivity (Wildman–Crippen MR) is 178 cm³/mol. The number of para-hydroxylation sites is 2. The van der Waals surface area contributed by atoms with Gasteiger partial charge in [0, 0.05) is 53.7 Å². The van der Waals surface area contributed by atoms with E-state index >= 15 is 0 Å². The molecule has 4 heteroatoms. The third-order valence-electron chi connectivity index (χ3n) is 7.65. The molecule has 3 nitrogen and oxygen atoms in total. The molecule has 8 rings (SSSR count). The molecule has 2 aromatic heterocycles. The lowest BCUT2D eigenvalue weighted by Gasteiger charge is -2.25. The van der Waals surface area contributed by atoms with Crippen molar-refractivity contribution in [1.29, 1.82) is 0 Å². The van der Waals surface area contributed by atoms with Crippen LogP contribution >= 0.6 is 11.3 Å². The van der Waals surface area contributed by atoms with E-state index in [0.717, 1.165) is 44.8 Å². The van der Waals surface area contributed by atoms with E-state index < -0.39 is 0 Å². The van der Waals surface area contributed by atoms with Crippen molar-refractivity contribution in [2.24, 2.45) is 0 Å². The van der Waals surface area contributed by atoms with Crippen molar-refractivity contribution in [2.75, 3.05) is 4.90 Å². The van der Waals surface area contributed by atoms with E-state index in [4.69, 9.17) is 9.97 Å². The van der Waals surface area contributed by atoms with Crippen molar-refractivity contribution in [2.45, 2.75) is 0 Å². The molecule has 198 valence electrons. The minimum Gasteiger partial charge on any atom is -0.310 e. The molecule has 42 heavy (non-hydrogen) atoms. The number of thiophene rings is 1. The van der Waals surface area contributed by atoms with Crippen molar-refractivity contribution < 1.29 is 0 Å². The Bertz CT molecular complexity index is 2150. The zero-order valence-corrected chi connectivity index (χ0v) is 23.5. The highest BCUT2D eigenvalue weighted by atomic mass is 32.1. The van der Waals surface area contributed by atoms with Gasteiger partial charge in [0.05, 0.1) is 11.2 Å². The van der Waals surface area contributed by atoms with Crippen molar-refractivity contribution >= 4 is 59.5 Å². The molecule has 0 amide bonds. The molecule has 0 aliphatic heterocycles. The third-order valence-corrected chi connectivity index (χ3v) is 8.78. The normalized spacial score (nSPS) is 11.3.